The van der Waals surface area contributed by atoms with Gasteiger partial charge >= 0.3 is 0 Å². The Morgan fingerprint density at radius 1 is 0.671 bits per heavy atom. The van der Waals surface area contributed by atoms with Crippen molar-refractivity contribution in [1.29, 1.82) is 0 Å². The summed E-state index contributed by atoms with van der Waals surface area (Å²) in [5, 5.41) is -0.162. The molecule has 0 saturated heterocycles. The van der Waals surface area contributed by atoms with Gasteiger partial charge in [-0.1, -0.05) is 245 Å². The molecular weight excluding hydrogens is 999 g/mol. The van der Waals surface area contributed by atoms with Crippen molar-refractivity contribution in [3.8, 4) is 0 Å². The van der Waals surface area contributed by atoms with Gasteiger partial charge in [-0.05, 0) is 73.9 Å². The third-order valence-electron chi connectivity index (χ3n) is 15.4. The van der Waals surface area contributed by atoms with E-state index in [1.54, 1.807) is 45.9 Å². The molecule has 424 valence electrons. The Bertz CT molecular complexity index is 2260. The molecule has 3 aromatic heterocycles. The number of aromatic nitrogens is 1. The molecule has 3 aromatic rings. The molecule has 1 aliphatic heterocycles. The summed E-state index contributed by atoms with van der Waals surface area (Å²) in [6.45, 7) is 16.8. The zero-order valence-electron chi connectivity index (χ0n) is 48.4. The molecule has 0 saturated carbocycles. The average molecular weight is 1100 g/mol. The van der Waals surface area contributed by atoms with Crippen LogP contribution < -0.4 is 10.5 Å². The topological polar surface area (TPSA) is 42.3 Å². The smallest absolute Gasteiger partial charge is 0.259 e. The summed E-state index contributed by atoms with van der Waals surface area (Å²) in [4.78, 5) is 35.3. The Morgan fingerprint density at radius 3 is 1.74 bits per heavy atom. The lowest BCUT2D eigenvalue weighted by atomic mass is 9.88. The van der Waals surface area contributed by atoms with Crippen LogP contribution in [0.25, 0.3) is 16.1 Å². The van der Waals surface area contributed by atoms with Gasteiger partial charge in [-0.3, -0.25) is 9.59 Å². The molecule has 4 nitrogen and oxygen atoms in total. The molecule has 1 amide bonds. The Hall–Kier alpha value is -3.27. The highest BCUT2D eigenvalue weighted by molar-refractivity contribution is 8.09. The predicted octanol–water partition coefficient (Wildman–Crippen LogP) is 22.3. The number of unbranched alkanes of at least 4 members (excludes halogenated alkanes) is 26. The van der Waals surface area contributed by atoms with Crippen molar-refractivity contribution < 1.29 is 13.6 Å². The Balaban J connectivity index is 1.64. The minimum atomic E-state index is -0.162. The number of aryl methyl sites for hydroxylation is 2. The van der Waals surface area contributed by atoms with E-state index in [9.17, 15) is 13.6 Å². The van der Waals surface area contributed by atoms with Crippen LogP contribution in [0.1, 0.15) is 265 Å². The third-order valence-corrected chi connectivity index (χ3v) is 19.2. The van der Waals surface area contributed by atoms with E-state index in [0.717, 1.165) is 68.6 Å². The molecule has 0 aromatic carbocycles. The van der Waals surface area contributed by atoms with Crippen molar-refractivity contribution in [1.82, 2.24) is 4.57 Å². The largest absolute Gasteiger partial charge is 0.313 e. The van der Waals surface area contributed by atoms with Crippen LogP contribution in [0.15, 0.2) is 84.4 Å². The molecule has 0 aliphatic carbocycles. The van der Waals surface area contributed by atoms with Crippen molar-refractivity contribution >= 4 is 62.1 Å². The number of thioether (sulfide) groups is 1. The van der Waals surface area contributed by atoms with Crippen LogP contribution in [-0.4, -0.2) is 22.3 Å². The molecule has 0 fully saturated rings. The summed E-state index contributed by atoms with van der Waals surface area (Å²) in [7, 11) is 0. The summed E-state index contributed by atoms with van der Waals surface area (Å²) in [6.07, 6.45) is 50.0. The van der Waals surface area contributed by atoms with Crippen molar-refractivity contribution in [3.05, 3.63) is 115 Å². The van der Waals surface area contributed by atoms with Crippen LogP contribution in [0.4, 0.5) is 14.5 Å². The van der Waals surface area contributed by atoms with Crippen LogP contribution in [0, 0.1) is 12.8 Å². The van der Waals surface area contributed by atoms with Gasteiger partial charge in [-0.25, -0.2) is 8.78 Å². The minimum absolute atomic E-state index is 0.0335. The summed E-state index contributed by atoms with van der Waals surface area (Å²) in [6, 6.07) is 9.62. The number of anilines is 1. The number of nitrogens with zero attached hydrogens (tertiary/aromatic N) is 2. The first-order valence-electron chi connectivity index (χ1n) is 30.7. The zero-order valence-corrected chi connectivity index (χ0v) is 50.8. The zero-order chi connectivity index (χ0) is 54.6. The molecule has 76 heavy (non-hydrogen) atoms. The highest BCUT2D eigenvalue weighted by atomic mass is 32.2. The van der Waals surface area contributed by atoms with E-state index in [2.05, 4.69) is 46.4 Å². The van der Waals surface area contributed by atoms with E-state index in [-0.39, 0.29) is 16.7 Å². The number of thiophene rings is 2. The van der Waals surface area contributed by atoms with Crippen LogP contribution in [0.3, 0.4) is 0 Å². The normalized spacial score (nSPS) is 14.6. The van der Waals surface area contributed by atoms with E-state index in [4.69, 9.17) is 0 Å². The second kappa shape index (κ2) is 40.0. The van der Waals surface area contributed by atoms with Crippen LogP contribution in [-0.2, 0) is 17.8 Å². The molecule has 2 unspecified atom stereocenters. The molecule has 0 N–H and O–H groups in total. The van der Waals surface area contributed by atoms with Crippen LogP contribution in [0.5, 0.6) is 0 Å². The van der Waals surface area contributed by atoms with E-state index in [1.165, 1.54) is 190 Å². The van der Waals surface area contributed by atoms with Gasteiger partial charge in [0, 0.05) is 66.2 Å². The van der Waals surface area contributed by atoms with Gasteiger partial charge in [0.25, 0.3) is 11.5 Å². The average Bonchev–Trinajstić information content (AvgIpc) is 4.20. The summed E-state index contributed by atoms with van der Waals surface area (Å²) in [5.74, 6) is 0.407. The number of pyridine rings is 1. The maximum atomic E-state index is 15.1. The van der Waals surface area contributed by atoms with E-state index in [1.807, 2.05) is 36.2 Å². The van der Waals surface area contributed by atoms with E-state index < -0.39 is 0 Å². The molecule has 1 aliphatic rings. The molecule has 0 spiro atoms. The SMILES string of the molecule is C=C(C(=O)N(CCCCCCCC)c1ccc(=O)n(CCCCCCCC)c1)c1cc(CC(CCCCCCCCCC)CCCCCCCCCCCC)c(C2=CCC(C(/C=C\C(=C\F)c3ccc(C)s3)=C\F)S2)s1. The number of carbonyl (C=O) groups excluding carboxylic acids is 1. The maximum absolute atomic E-state index is 15.1. The van der Waals surface area contributed by atoms with Gasteiger partial charge in [-0.2, -0.15) is 0 Å². The predicted molar refractivity (Wildman–Crippen MR) is 334 cm³/mol. The van der Waals surface area contributed by atoms with Crippen molar-refractivity contribution in [2.45, 2.75) is 265 Å². The van der Waals surface area contributed by atoms with Gasteiger partial charge in [0.15, 0.2) is 0 Å². The van der Waals surface area contributed by atoms with Gasteiger partial charge in [0.2, 0.25) is 0 Å². The molecule has 4 heterocycles. The van der Waals surface area contributed by atoms with Crippen LogP contribution >= 0.6 is 34.4 Å². The fourth-order valence-electron chi connectivity index (χ4n) is 10.6. The lowest BCUT2D eigenvalue weighted by Crippen LogP contribution is -2.33. The second-order valence-electron chi connectivity index (χ2n) is 22.0. The molecule has 4 rings (SSSR count). The Morgan fingerprint density at radius 2 is 1.21 bits per heavy atom. The summed E-state index contributed by atoms with van der Waals surface area (Å²) < 4.78 is 30.9. The minimum Gasteiger partial charge on any atom is -0.313 e. The first-order chi connectivity index (χ1) is 37.2. The number of amides is 1. The Labute approximate surface area is 474 Å². The number of hydrogen-bond acceptors (Lipinski definition) is 5. The van der Waals surface area contributed by atoms with Gasteiger partial charge in [0.1, 0.15) is 0 Å². The first-order valence-corrected chi connectivity index (χ1v) is 33.3. The number of hydrogen-bond donors (Lipinski definition) is 0. The maximum Gasteiger partial charge on any atom is 0.259 e. The Kier molecular flexibility index (Phi) is 34.3. The first kappa shape index (κ1) is 65.2. The number of carbonyl (C=O) groups is 1. The summed E-state index contributed by atoms with van der Waals surface area (Å²) in [5.41, 5.74) is 3.42. The standard InChI is InChI=1S/C67H102F2N2O2S3/c1-7-11-15-19-23-25-26-28-30-34-38-56(37-33-29-27-24-20-16-12-8-2)49-59-50-64(76-66(59)63-45-44-62(75-63)58(52-69)41-40-57(51-68)61-43-39-54(5)74-61)55(6)67(73)71(48-36-32-22-18-14-10-4)60-42-46-65(72)70(53-60)47-35-31-21-17-13-9-3/h39-43,45-46,50-53,56,62H,6-38,44,47-49H2,1-5H3/b41-40-,57-51-,58-52-. The van der Waals surface area contributed by atoms with Gasteiger partial charge < -0.3 is 9.47 Å². The fraction of sp³-hybridized carbons (Fsp3) is 0.642. The number of rotatable bonds is 44. The molecule has 0 bridgehead atoms. The quantitative estimate of drug-likeness (QED) is 0.0322. The van der Waals surface area contributed by atoms with Crippen molar-refractivity contribution in [2.24, 2.45) is 5.92 Å². The fourth-order valence-corrected chi connectivity index (χ4v) is 14.0. The second-order valence-corrected chi connectivity index (χ2v) is 25.6. The van der Waals surface area contributed by atoms with Gasteiger partial charge in [0.05, 0.1) is 18.3 Å². The van der Waals surface area contributed by atoms with E-state index >= 15 is 4.79 Å². The molecular formula is C67H102F2N2O2S3. The number of allylic oxidation sites excluding steroid dienone is 4. The van der Waals surface area contributed by atoms with Crippen molar-refractivity contribution in [3.63, 3.8) is 0 Å². The van der Waals surface area contributed by atoms with Crippen LogP contribution in [0.2, 0.25) is 0 Å². The number of halogens is 2. The molecule has 0 radical (unpaired) electrons. The monoisotopic (exact) mass is 1100 g/mol. The van der Waals surface area contributed by atoms with Crippen molar-refractivity contribution in [2.75, 3.05) is 11.4 Å². The summed E-state index contributed by atoms with van der Waals surface area (Å²) >= 11 is 4.86. The third kappa shape index (κ3) is 24.4. The lowest BCUT2D eigenvalue weighted by Gasteiger charge is -2.24. The lowest BCUT2D eigenvalue weighted by molar-refractivity contribution is -0.113. The van der Waals surface area contributed by atoms with E-state index in [0.29, 0.717) is 54.8 Å². The molecule has 2 atom stereocenters. The van der Waals surface area contributed by atoms with Gasteiger partial charge in [-0.15, -0.1) is 34.4 Å². The molecule has 9 heteroatoms. The highest BCUT2D eigenvalue weighted by Crippen LogP contribution is 2.48. The highest BCUT2D eigenvalue weighted by Gasteiger charge is 2.29.